The first-order valence-corrected chi connectivity index (χ1v) is 8.86. The van der Waals surface area contributed by atoms with Gasteiger partial charge in [0.05, 0.1) is 6.54 Å². The molecule has 0 fully saturated rings. The molecule has 4 heteroatoms. The number of aromatic nitrogens is 1. The van der Waals surface area contributed by atoms with Gasteiger partial charge in [0.1, 0.15) is 5.82 Å². The summed E-state index contributed by atoms with van der Waals surface area (Å²) in [7, 11) is 0. The van der Waals surface area contributed by atoms with Crippen molar-refractivity contribution >= 4 is 23.1 Å². The van der Waals surface area contributed by atoms with Crippen LogP contribution in [0.25, 0.3) is 0 Å². The second-order valence-corrected chi connectivity index (χ2v) is 6.56. The number of carbonyl (C=O) groups is 1. The van der Waals surface area contributed by atoms with Gasteiger partial charge in [-0.05, 0) is 59.9 Å². The van der Waals surface area contributed by atoms with Crippen molar-refractivity contribution in [1.82, 2.24) is 4.98 Å². The minimum absolute atomic E-state index is 0.0704. The van der Waals surface area contributed by atoms with Gasteiger partial charge in [0.25, 0.3) is 0 Å². The molecule has 0 spiro atoms. The van der Waals surface area contributed by atoms with Gasteiger partial charge in [-0.15, -0.1) is 0 Å². The van der Waals surface area contributed by atoms with Crippen LogP contribution in [-0.2, 0) is 24.2 Å². The van der Waals surface area contributed by atoms with Crippen LogP contribution in [0.3, 0.4) is 0 Å². The Labute approximate surface area is 153 Å². The summed E-state index contributed by atoms with van der Waals surface area (Å²) in [6, 6.07) is 20.4. The van der Waals surface area contributed by atoms with Crippen molar-refractivity contribution in [3.63, 3.8) is 0 Å². The van der Waals surface area contributed by atoms with Crippen molar-refractivity contribution < 1.29 is 4.79 Å². The second kappa shape index (κ2) is 7.00. The van der Waals surface area contributed by atoms with E-state index in [0.717, 1.165) is 30.0 Å². The van der Waals surface area contributed by atoms with Gasteiger partial charge in [-0.2, -0.15) is 0 Å². The maximum atomic E-state index is 12.2. The number of rotatable bonds is 2. The normalized spacial score (nSPS) is 13.2. The van der Waals surface area contributed by atoms with Crippen LogP contribution in [0.5, 0.6) is 0 Å². The molecular formula is C22H21N3O. The molecule has 0 saturated carbocycles. The lowest BCUT2D eigenvalue weighted by atomic mass is 9.95. The van der Waals surface area contributed by atoms with E-state index in [2.05, 4.69) is 34.6 Å². The van der Waals surface area contributed by atoms with Gasteiger partial charge in [0.2, 0.25) is 5.91 Å². The van der Waals surface area contributed by atoms with E-state index >= 15 is 0 Å². The van der Waals surface area contributed by atoms with E-state index in [1.54, 1.807) is 13.1 Å². The Hall–Kier alpha value is -3.14. The number of nitrogens with one attached hydrogen (secondary N) is 1. The first kappa shape index (κ1) is 16.3. The van der Waals surface area contributed by atoms with Gasteiger partial charge >= 0.3 is 0 Å². The van der Waals surface area contributed by atoms with E-state index in [9.17, 15) is 4.79 Å². The number of fused-ring (bicyclic) bond motifs is 2. The molecule has 1 aromatic heterocycles. The highest BCUT2D eigenvalue weighted by atomic mass is 16.2. The molecule has 0 radical (unpaired) electrons. The summed E-state index contributed by atoms with van der Waals surface area (Å²) in [6.07, 6.45) is 3.65. The summed E-state index contributed by atoms with van der Waals surface area (Å²) < 4.78 is 0. The number of para-hydroxylation sites is 1. The summed E-state index contributed by atoms with van der Waals surface area (Å²) in [5.74, 6) is 0.898. The van der Waals surface area contributed by atoms with Crippen LogP contribution in [0.15, 0.2) is 66.9 Å². The maximum Gasteiger partial charge on any atom is 0.224 e. The first-order valence-electron chi connectivity index (χ1n) is 8.86. The first-order chi connectivity index (χ1) is 12.7. The fourth-order valence-electron chi connectivity index (χ4n) is 3.47. The van der Waals surface area contributed by atoms with Gasteiger partial charge < -0.3 is 10.2 Å². The molecule has 0 saturated heterocycles. The molecule has 4 nitrogen and oxygen atoms in total. The molecule has 1 aliphatic rings. The number of hydrogen-bond donors (Lipinski definition) is 1. The van der Waals surface area contributed by atoms with E-state index in [0.29, 0.717) is 6.54 Å². The molecule has 0 atom stereocenters. The third-order valence-corrected chi connectivity index (χ3v) is 4.80. The average molecular weight is 343 g/mol. The largest absolute Gasteiger partial charge is 0.340 e. The monoisotopic (exact) mass is 343 g/mol. The third kappa shape index (κ3) is 3.31. The Bertz CT molecular complexity index is 937. The smallest absolute Gasteiger partial charge is 0.224 e. The number of benzene rings is 2. The van der Waals surface area contributed by atoms with Crippen molar-refractivity contribution in [3.05, 3.63) is 83.6 Å². The molecule has 26 heavy (non-hydrogen) atoms. The minimum atomic E-state index is 0.0704. The van der Waals surface area contributed by atoms with E-state index in [1.807, 2.05) is 41.3 Å². The van der Waals surface area contributed by atoms with Gasteiger partial charge in [-0.25, -0.2) is 4.98 Å². The molecule has 0 unspecified atom stereocenters. The Morgan fingerprint density at radius 3 is 2.58 bits per heavy atom. The number of anilines is 3. The van der Waals surface area contributed by atoms with Crippen LogP contribution >= 0.6 is 0 Å². The van der Waals surface area contributed by atoms with Crippen LogP contribution in [0, 0.1) is 0 Å². The Morgan fingerprint density at radius 2 is 1.77 bits per heavy atom. The van der Waals surface area contributed by atoms with Gasteiger partial charge in [0.15, 0.2) is 0 Å². The molecule has 2 aromatic carbocycles. The lowest BCUT2D eigenvalue weighted by Gasteiger charge is -2.28. The predicted octanol–water partition coefficient (Wildman–Crippen LogP) is 4.48. The lowest BCUT2D eigenvalue weighted by Crippen LogP contribution is -2.30. The second-order valence-electron chi connectivity index (χ2n) is 6.56. The summed E-state index contributed by atoms with van der Waals surface area (Å²) in [6.45, 7) is 2.24. The molecule has 2 heterocycles. The van der Waals surface area contributed by atoms with E-state index in [1.165, 1.54) is 16.7 Å². The molecule has 4 rings (SSSR count). The number of pyridine rings is 1. The molecule has 1 N–H and O–H groups in total. The average Bonchev–Trinajstić information content (AvgIpc) is 2.65. The molecule has 1 amide bonds. The highest BCUT2D eigenvalue weighted by molar-refractivity contribution is 5.92. The molecule has 130 valence electrons. The number of nitrogens with zero attached hydrogens (tertiary/aromatic N) is 2. The zero-order chi connectivity index (χ0) is 17.9. The Kier molecular flexibility index (Phi) is 4.40. The highest BCUT2D eigenvalue weighted by Crippen LogP contribution is 2.30. The fourth-order valence-corrected chi connectivity index (χ4v) is 3.47. The van der Waals surface area contributed by atoms with Crippen LogP contribution in [0.4, 0.5) is 17.2 Å². The maximum absolute atomic E-state index is 12.2. The van der Waals surface area contributed by atoms with Crippen molar-refractivity contribution in [3.8, 4) is 0 Å². The SMILES string of the molecule is CC(=O)N1Cc2ccc(Nc3ccccn3)cc2CCc2ccccc21. The number of carbonyl (C=O) groups excluding carboxylic acids is 1. The number of hydrogen-bond acceptors (Lipinski definition) is 3. The minimum Gasteiger partial charge on any atom is -0.340 e. The Morgan fingerprint density at radius 1 is 0.962 bits per heavy atom. The summed E-state index contributed by atoms with van der Waals surface area (Å²) >= 11 is 0. The van der Waals surface area contributed by atoms with Gasteiger partial charge in [0, 0.05) is 24.5 Å². The lowest BCUT2D eigenvalue weighted by molar-refractivity contribution is -0.116. The van der Waals surface area contributed by atoms with E-state index < -0.39 is 0 Å². The molecule has 0 aliphatic carbocycles. The predicted molar refractivity (Wildman–Crippen MR) is 105 cm³/mol. The van der Waals surface area contributed by atoms with Crippen molar-refractivity contribution in [1.29, 1.82) is 0 Å². The third-order valence-electron chi connectivity index (χ3n) is 4.80. The molecule has 3 aromatic rings. The Balaban J connectivity index is 1.67. The van der Waals surface area contributed by atoms with E-state index in [-0.39, 0.29) is 5.91 Å². The molecular weight excluding hydrogens is 322 g/mol. The number of aryl methyl sites for hydroxylation is 2. The van der Waals surface area contributed by atoms with Crippen molar-refractivity contribution in [2.24, 2.45) is 0 Å². The standard InChI is InChI=1S/C22H21N3O/c1-16(26)25-15-19-11-12-20(24-22-8-4-5-13-23-22)14-18(19)10-9-17-6-2-3-7-21(17)25/h2-8,11-14H,9-10,15H2,1H3,(H,23,24). The summed E-state index contributed by atoms with van der Waals surface area (Å²) in [5.41, 5.74) is 5.73. The summed E-state index contributed by atoms with van der Waals surface area (Å²) in [4.78, 5) is 18.4. The fraction of sp³-hybridized carbons (Fsp3) is 0.182. The van der Waals surface area contributed by atoms with Crippen molar-refractivity contribution in [2.45, 2.75) is 26.3 Å². The molecule has 1 aliphatic heterocycles. The van der Waals surface area contributed by atoms with Gasteiger partial charge in [-0.3, -0.25) is 4.79 Å². The zero-order valence-electron chi connectivity index (χ0n) is 14.8. The van der Waals surface area contributed by atoms with Crippen LogP contribution < -0.4 is 10.2 Å². The van der Waals surface area contributed by atoms with E-state index in [4.69, 9.17) is 0 Å². The summed E-state index contributed by atoms with van der Waals surface area (Å²) in [5, 5.41) is 3.35. The van der Waals surface area contributed by atoms with Gasteiger partial charge in [-0.1, -0.05) is 30.3 Å². The van der Waals surface area contributed by atoms with Crippen LogP contribution in [0.2, 0.25) is 0 Å². The number of amides is 1. The quantitative estimate of drug-likeness (QED) is 0.746. The molecule has 0 bridgehead atoms. The topological polar surface area (TPSA) is 45.2 Å². The zero-order valence-corrected chi connectivity index (χ0v) is 14.8. The van der Waals surface area contributed by atoms with Crippen LogP contribution in [0.1, 0.15) is 23.6 Å². The van der Waals surface area contributed by atoms with Crippen LogP contribution in [-0.4, -0.2) is 10.9 Å². The highest BCUT2D eigenvalue weighted by Gasteiger charge is 2.20. The van der Waals surface area contributed by atoms with Crippen molar-refractivity contribution in [2.75, 3.05) is 10.2 Å².